The molecule has 0 amide bonds. The Morgan fingerprint density at radius 1 is 1.12 bits per heavy atom. The Hall–Kier alpha value is -2.25. The average Bonchev–Trinajstić information content (AvgIpc) is 2.53. The van der Waals surface area contributed by atoms with Gasteiger partial charge < -0.3 is 10.7 Å². The predicted molar refractivity (Wildman–Crippen MR) is 101 cm³/mol. The van der Waals surface area contributed by atoms with Crippen molar-refractivity contribution in [3.05, 3.63) is 59.9 Å². The van der Waals surface area contributed by atoms with Gasteiger partial charge in [0.25, 0.3) is 10.1 Å². The third kappa shape index (κ3) is 5.37. The molecule has 2 aromatic rings. The highest BCUT2D eigenvalue weighted by molar-refractivity contribution is 7.85. The zero-order chi connectivity index (χ0) is 19.5. The molecule has 1 atom stereocenters. The van der Waals surface area contributed by atoms with Gasteiger partial charge in [-0.2, -0.15) is 8.42 Å². The molecule has 3 N–H and O–H groups in total. The normalized spacial score (nSPS) is 13.3. The maximum Gasteiger partial charge on any atom is 0.294 e. The summed E-state index contributed by atoms with van der Waals surface area (Å²) < 4.78 is 44.6. The molecule has 0 bridgehead atoms. The van der Waals surface area contributed by atoms with Crippen LogP contribution in [0.5, 0.6) is 0 Å². The summed E-state index contributed by atoms with van der Waals surface area (Å²) in [7, 11) is -4.25. The maximum absolute atomic E-state index is 13.2. The number of hydrogen-bond acceptors (Lipinski definition) is 4. The lowest BCUT2D eigenvalue weighted by Gasteiger charge is -2.26. The van der Waals surface area contributed by atoms with Gasteiger partial charge in [-0.15, -0.1) is 0 Å². The first-order valence-corrected chi connectivity index (χ1v) is 9.58. The number of nitrogens with one attached hydrogen (secondary N) is 2. The van der Waals surface area contributed by atoms with Crippen molar-refractivity contribution in [2.75, 3.05) is 5.32 Å². The second-order valence-corrected chi connectivity index (χ2v) is 8.60. The molecule has 2 aromatic carbocycles. The Bertz CT molecular complexity index is 870. The Morgan fingerprint density at radius 2 is 1.65 bits per heavy atom. The Balaban J connectivity index is 2.29. The van der Waals surface area contributed by atoms with Gasteiger partial charge in [-0.05, 0) is 47.4 Å². The van der Waals surface area contributed by atoms with Crippen molar-refractivity contribution < 1.29 is 17.4 Å². The van der Waals surface area contributed by atoms with Crippen LogP contribution in [0.4, 0.5) is 10.1 Å². The predicted octanol–water partition coefficient (Wildman–Crippen LogP) is 4.68. The number of rotatable bonds is 6. The van der Waals surface area contributed by atoms with E-state index in [2.05, 4.69) is 5.32 Å². The van der Waals surface area contributed by atoms with Gasteiger partial charge in [-0.3, -0.25) is 4.55 Å². The molecule has 0 fully saturated rings. The standard InChI is InChI=1S/C19H23FN2O3S/c1-19(2,3)18(21)12-17(13-4-6-14(20)7-5-13)22-15-8-10-16(11-9-15)26(23,24)25/h4-11,17,21-22H,12H2,1-3H3,(H,23,24,25). The Labute approximate surface area is 153 Å². The molecule has 0 spiro atoms. The van der Waals surface area contributed by atoms with Gasteiger partial charge in [0.15, 0.2) is 0 Å². The van der Waals surface area contributed by atoms with Gasteiger partial charge >= 0.3 is 0 Å². The second-order valence-electron chi connectivity index (χ2n) is 7.18. The summed E-state index contributed by atoms with van der Waals surface area (Å²) in [5.74, 6) is -0.337. The molecule has 0 aliphatic heterocycles. The fourth-order valence-corrected chi connectivity index (χ4v) is 2.86. The molecule has 0 aliphatic carbocycles. The van der Waals surface area contributed by atoms with Crippen LogP contribution in [-0.4, -0.2) is 18.7 Å². The van der Waals surface area contributed by atoms with Crippen molar-refractivity contribution in [2.24, 2.45) is 5.41 Å². The van der Waals surface area contributed by atoms with E-state index in [-0.39, 0.29) is 22.2 Å². The highest BCUT2D eigenvalue weighted by Gasteiger charge is 2.22. The zero-order valence-corrected chi connectivity index (χ0v) is 15.8. The van der Waals surface area contributed by atoms with E-state index >= 15 is 0 Å². The summed E-state index contributed by atoms with van der Waals surface area (Å²) in [6, 6.07) is 11.5. The third-order valence-electron chi connectivity index (χ3n) is 4.08. The van der Waals surface area contributed by atoms with E-state index in [1.807, 2.05) is 20.8 Å². The average molecular weight is 378 g/mol. The van der Waals surface area contributed by atoms with Crippen LogP contribution in [0.1, 0.15) is 38.8 Å². The quantitative estimate of drug-likeness (QED) is 0.503. The Kier molecular flexibility index (Phi) is 5.83. The van der Waals surface area contributed by atoms with Crippen molar-refractivity contribution >= 4 is 21.5 Å². The van der Waals surface area contributed by atoms with Crippen LogP contribution in [0.3, 0.4) is 0 Å². The van der Waals surface area contributed by atoms with Crippen LogP contribution >= 0.6 is 0 Å². The van der Waals surface area contributed by atoms with Gasteiger partial charge in [-0.1, -0.05) is 32.9 Å². The zero-order valence-electron chi connectivity index (χ0n) is 15.0. The van der Waals surface area contributed by atoms with E-state index in [0.29, 0.717) is 17.8 Å². The summed E-state index contributed by atoms with van der Waals surface area (Å²) in [6.45, 7) is 5.87. The molecular formula is C19H23FN2O3S. The molecule has 140 valence electrons. The minimum Gasteiger partial charge on any atom is -0.378 e. The van der Waals surface area contributed by atoms with Crippen LogP contribution in [0.25, 0.3) is 0 Å². The topological polar surface area (TPSA) is 90.3 Å². The second kappa shape index (κ2) is 7.55. The van der Waals surface area contributed by atoms with Crippen LogP contribution < -0.4 is 5.32 Å². The largest absolute Gasteiger partial charge is 0.378 e. The lowest BCUT2D eigenvalue weighted by atomic mass is 9.85. The molecule has 5 nitrogen and oxygen atoms in total. The van der Waals surface area contributed by atoms with Crippen molar-refractivity contribution in [2.45, 2.75) is 38.1 Å². The van der Waals surface area contributed by atoms with E-state index < -0.39 is 10.1 Å². The van der Waals surface area contributed by atoms with Crippen molar-refractivity contribution in [1.29, 1.82) is 5.41 Å². The smallest absolute Gasteiger partial charge is 0.294 e. The lowest BCUT2D eigenvalue weighted by molar-refractivity contribution is 0.483. The van der Waals surface area contributed by atoms with Crippen LogP contribution in [0.2, 0.25) is 0 Å². The fraction of sp³-hybridized carbons (Fsp3) is 0.316. The minimum absolute atomic E-state index is 0.191. The first kappa shape index (κ1) is 20.1. The van der Waals surface area contributed by atoms with Crippen LogP contribution in [-0.2, 0) is 10.1 Å². The summed E-state index contributed by atoms with van der Waals surface area (Å²) in [5, 5.41) is 11.6. The molecule has 0 saturated heterocycles. The van der Waals surface area contributed by atoms with Gasteiger partial charge in [0, 0.05) is 17.8 Å². The van der Waals surface area contributed by atoms with Gasteiger partial charge in [0.1, 0.15) is 5.82 Å². The highest BCUT2D eigenvalue weighted by Crippen LogP contribution is 2.28. The first-order chi connectivity index (χ1) is 12.0. The van der Waals surface area contributed by atoms with Crippen LogP contribution in [0.15, 0.2) is 53.4 Å². The molecule has 0 radical (unpaired) electrons. The summed E-state index contributed by atoms with van der Waals surface area (Å²) in [4.78, 5) is -0.191. The fourth-order valence-electron chi connectivity index (χ4n) is 2.38. The third-order valence-corrected chi connectivity index (χ3v) is 4.95. The molecule has 0 aliphatic rings. The minimum atomic E-state index is -4.25. The number of anilines is 1. The number of hydrogen-bond donors (Lipinski definition) is 3. The summed E-state index contributed by atoms with van der Waals surface area (Å²) in [6.07, 6.45) is 0.412. The molecule has 1 unspecified atom stereocenters. The van der Waals surface area contributed by atoms with E-state index in [0.717, 1.165) is 5.56 Å². The first-order valence-electron chi connectivity index (χ1n) is 8.14. The highest BCUT2D eigenvalue weighted by atomic mass is 32.2. The lowest BCUT2D eigenvalue weighted by Crippen LogP contribution is -2.24. The van der Waals surface area contributed by atoms with E-state index in [1.165, 1.54) is 24.3 Å². The Morgan fingerprint density at radius 3 is 2.12 bits per heavy atom. The molecular weight excluding hydrogens is 355 g/mol. The number of halogens is 1. The molecule has 0 heterocycles. The summed E-state index contributed by atoms with van der Waals surface area (Å²) in [5.41, 5.74) is 1.69. The van der Waals surface area contributed by atoms with Gasteiger partial charge in [-0.25, -0.2) is 4.39 Å². The molecule has 0 saturated carbocycles. The van der Waals surface area contributed by atoms with E-state index in [4.69, 9.17) is 9.96 Å². The summed E-state index contributed by atoms with van der Waals surface area (Å²) >= 11 is 0. The maximum atomic E-state index is 13.2. The number of benzene rings is 2. The molecule has 26 heavy (non-hydrogen) atoms. The van der Waals surface area contributed by atoms with Crippen LogP contribution in [0, 0.1) is 16.6 Å². The van der Waals surface area contributed by atoms with Gasteiger partial charge in [0.2, 0.25) is 0 Å². The van der Waals surface area contributed by atoms with E-state index in [9.17, 15) is 12.8 Å². The molecule has 0 aromatic heterocycles. The molecule has 2 rings (SSSR count). The van der Waals surface area contributed by atoms with Crippen molar-refractivity contribution in [1.82, 2.24) is 0 Å². The monoisotopic (exact) mass is 378 g/mol. The van der Waals surface area contributed by atoms with Crippen molar-refractivity contribution in [3.8, 4) is 0 Å². The van der Waals surface area contributed by atoms with Gasteiger partial charge in [0.05, 0.1) is 10.9 Å². The molecule has 7 heteroatoms. The van der Waals surface area contributed by atoms with E-state index in [1.54, 1.807) is 24.3 Å². The SMILES string of the molecule is CC(C)(C)C(=N)CC(Nc1ccc(S(=O)(=O)O)cc1)c1ccc(F)cc1. The van der Waals surface area contributed by atoms with Crippen molar-refractivity contribution in [3.63, 3.8) is 0 Å².